The molecule has 0 amide bonds. The van der Waals surface area contributed by atoms with Crippen LogP contribution < -0.4 is 4.74 Å². The summed E-state index contributed by atoms with van der Waals surface area (Å²) in [5, 5.41) is 0. The molecule has 0 N–H and O–H groups in total. The van der Waals surface area contributed by atoms with Gasteiger partial charge in [0.1, 0.15) is 11.9 Å². The maximum atomic E-state index is 6.37. The molecule has 1 unspecified atom stereocenters. The van der Waals surface area contributed by atoms with Crippen molar-refractivity contribution >= 4 is 0 Å². The lowest BCUT2D eigenvalue weighted by molar-refractivity contribution is 0.188. The summed E-state index contributed by atoms with van der Waals surface area (Å²) in [5.41, 5.74) is 4.82. The molecule has 2 aromatic carbocycles. The summed E-state index contributed by atoms with van der Waals surface area (Å²) in [4.78, 5) is 4.67. The van der Waals surface area contributed by atoms with Gasteiger partial charge in [-0.15, -0.1) is 0 Å². The second-order valence-electron chi connectivity index (χ2n) is 9.55. The quantitative estimate of drug-likeness (QED) is 0.381. The fourth-order valence-corrected chi connectivity index (χ4v) is 3.60. The van der Waals surface area contributed by atoms with Gasteiger partial charge in [-0.3, -0.25) is 4.98 Å². The first-order valence-corrected chi connectivity index (χ1v) is 11.1. The molecule has 0 aliphatic rings. The summed E-state index contributed by atoms with van der Waals surface area (Å²) in [6.45, 7) is 11.2. The topological polar surface area (TPSA) is 22.1 Å². The summed E-state index contributed by atoms with van der Waals surface area (Å²) in [6, 6.07) is 23.3. The highest BCUT2D eigenvalue weighted by Crippen LogP contribution is 2.29. The number of benzene rings is 2. The van der Waals surface area contributed by atoms with Crippen molar-refractivity contribution in [3.8, 4) is 17.0 Å². The van der Waals surface area contributed by atoms with Gasteiger partial charge in [0.05, 0.1) is 11.9 Å². The molecular weight excluding hydrogens is 366 g/mol. The smallest absolute Gasteiger partial charge is 0.138 e. The Labute approximate surface area is 182 Å². The number of hydrogen-bond donors (Lipinski definition) is 0. The second kappa shape index (κ2) is 9.93. The number of nitrogens with zero attached hydrogens (tertiary/aromatic N) is 1. The molecule has 0 bridgehead atoms. The highest BCUT2D eigenvalue weighted by Gasteiger charge is 2.15. The maximum Gasteiger partial charge on any atom is 0.138 e. The van der Waals surface area contributed by atoms with Crippen molar-refractivity contribution in [3.63, 3.8) is 0 Å². The maximum absolute atomic E-state index is 6.37. The van der Waals surface area contributed by atoms with Gasteiger partial charge in [0.15, 0.2) is 0 Å². The van der Waals surface area contributed by atoms with E-state index < -0.39 is 0 Å². The highest BCUT2D eigenvalue weighted by molar-refractivity contribution is 5.60. The van der Waals surface area contributed by atoms with Gasteiger partial charge in [-0.2, -0.15) is 0 Å². The Morgan fingerprint density at radius 1 is 0.833 bits per heavy atom. The van der Waals surface area contributed by atoms with Crippen LogP contribution in [0, 0.1) is 5.92 Å². The fraction of sp³-hybridized carbons (Fsp3) is 0.393. The Hall–Kier alpha value is -2.61. The van der Waals surface area contributed by atoms with Gasteiger partial charge in [0.25, 0.3) is 0 Å². The van der Waals surface area contributed by atoms with E-state index in [4.69, 9.17) is 4.74 Å². The first kappa shape index (κ1) is 22.1. The predicted molar refractivity (Wildman–Crippen MR) is 127 cm³/mol. The monoisotopic (exact) mass is 401 g/mol. The van der Waals surface area contributed by atoms with E-state index in [0.29, 0.717) is 5.92 Å². The third kappa shape index (κ3) is 6.19. The molecule has 0 saturated carbocycles. The Morgan fingerprint density at radius 3 is 2.10 bits per heavy atom. The molecule has 0 spiro atoms. The first-order valence-electron chi connectivity index (χ1n) is 11.1. The van der Waals surface area contributed by atoms with Crippen molar-refractivity contribution in [2.24, 2.45) is 5.92 Å². The molecule has 1 atom stereocenters. The summed E-state index contributed by atoms with van der Waals surface area (Å²) < 4.78 is 6.37. The Morgan fingerprint density at radius 2 is 1.53 bits per heavy atom. The number of rotatable bonds is 8. The van der Waals surface area contributed by atoms with Gasteiger partial charge in [-0.25, -0.2) is 0 Å². The van der Waals surface area contributed by atoms with Crippen molar-refractivity contribution in [2.45, 2.75) is 65.4 Å². The lowest BCUT2D eigenvalue weighted by atomic mass is 9.86. The van der Waals surface area contributed by atoms with E-state index in [9.17, 15) is 0 Å². The molecule has 0 radical (unpaired) electrons. The van der Waals surface area contributed by atoms with Gasteiger partial charge in [0.2, 0.25) is 0 Å². The molecular formula is C28H35NO. The number of pyridine rings is 1. The first-order chi connectivity index (χ1) is 14.3. The van der Waals surface area contributed by atoms with Crippen LogP contribution in [-0.4, -0.2) is 4.98 Å². The molecule has 2 heteroatoms. The molecule has 1 aromatic heterocycles. The van der Waals surface area contributed by atoms with Gasteiger partial charge in [-0.1, -0.05) is 95.6 Å². The van der Waals surface area contributed by atoms with E-state index in [-0.39, 0.29) is 11.5 Å². The van der Waals surface area contributed by atoms with Crippen LogP contribution in [0.25, 0.3) is 11.3 Å². The summed E-state index contributed by atoms with van der Waals surface area (Å²) >= 11 is 0. The molecule has 3 rings (SSSR count). The molecule has 0 aliphatic carbocycles. The van der Waals surface area contributed by atoms with Crippen molar-refractivity contribution in [3.05, 3.63) is 84.1 Å². The Balaban J connectivity index is 1.71. The van der Waals surface area contributed by atoms with E-state index in [0.717, 1.165) is 29.8 Å². The highest BCUT2D eigenvalue weighted by atomic mass is 16.5. The van der Waals surface area contributed by atoms with Crippen molar-refractivity contribution in [1.29, 1.82) is 0 Å². The SMILES string of the molecule is CC(C)CCCC(Oc1ccc(-c2ccc(C(C)(C)C)cc2)nc1)c1ccccc1. The van der Waals surface area contributed by atoms with Gasteiger partial charge in [0, 0.05) is 5.56 Å². The number of hydrogen-bond acceptors (Lipinski definition) is 2. The third-order valence-corrected chi connectivity index (χ3v) is 5.48. The van der Waals surface area contributed by atoms with Crippen LogP contribution in [0.2, 0.25) is 0 Å². The molecule has 0 saturated heterocycles. The molecule has 3 aromatic rings. The normalized spacial score (nSPS) is 12.7. The van der Waals surface area contributed by atoms with Crippen LogP contribution in [0.15, 0.2) is 72.9 Å². The van der Waals surface area contributed by atoms with Gasteiger partial charge in [-0.05, 0) is 47.4 Å². The number of aromatic nitrogens is 1. The van der Waals surface area contributed by atoms with Crippen molar-refractivity contribution in [1.82, 2.24) is 4.98 Å². The minimum atomic E-state index is 0.0590. The van der Waals surface area contributed by atoms with Crippen LogP contribution in [0.4, 0.5) is 0 Å². The minimum absolute atomic E-state index is 0.0590. The van der Waals surface area contributed by atoms with Crippen molar-refractivity contribution < 1.29 is 4.74 Å². The molecule has 158 valence electrons. The zero-order valence-corrected chi connectivity index (χ0v) is 19.1. The molecule has 0 aliphatic heterocycles. The largest absolute Gasteiger partial charge is 0.484 e. The number of ether oxygens (including phenoxy) is 1. The zero-order valence-electron chi connectivity index (χ0n) is 19.1. The third-order valence-electron chi connectivity index (χ3n) is 5.48. The zero-order chi connectivity index (χ0) is 21.6. The summed E-state index contributed by atoms with van der Waals surface area (Å²) in [5.74, 6) is 1.54. The lowest BCUT2D eigenvalue weighted by Gasteiger charge is -2.20. The van der Waals surface area contributed by atoms with E-state index in [2.05, 4.69) is 100 Å². The molecule has 1 heterocycles. The van der Waals surface area contributed by atoms with Crippen molar-refractivity contribution in [2.75, 3.05) is 0 Å². The molecule has 2 nitrogen and oxygen atoms in total. The average molecular weight is 402 g/mol. The summed E-state index contributed by atoms with van der Waals surface area (Å²) in [7, 11) is 0. The van der Waals surface area contributed by atoms with E-state index in [1.54, 1.807) is 0 Å². The lowest BCUT2D eigenvalue weighted by Crippen LogP contribution is -2.10. The standard InChI is InChI=1S/C28H35NO/c1-21(2)10-9-13-27(23-11-7-6-8-12-23)30-25-18-19-26(29-20-25)22-14-16-24(17-15-22)28(3,4)5/h6-8,11-12,14-21,27H,9-10,13H2,1-5H3. The van der Waals surface area contributed by atoms with Crippen LogP contribution in [0.1, 0.15) is 71.1 Å². The van der Waals surface area contributed by atoms with E-state index in [1.165, 1.54) is 17.5 Å². The van der Waals surface area contributed by atoms with Crippen LogP contribution in [0.3, 0.4) is 0 Å². The fourth-order valence-electron chi connectivity index (χ4n) is 3.60. The van der Waals surface area contributed by atoms with Crippen LogP contribution >= 0.6 is 0 Å². The van der Waals surface area contributed by atoms with E-state index in [1.807, 2.05) is 12.3 Å². The predicted octanol–water partition coefficient (Wildman–Crippen LogP) is 7.99. The van der Waals surface area contributed by atoms with Gasteiger partial charge < -0.3 is 4.74 Å². The van der Waals surface area contributed by atoms with Gasteiger partial charge >= 0.3 is 0 Å². The Kier molecular flexibility index (Phi) is 7.31. The van der Waals surface area contributed by atoms with Crippen LogP contribution in [0.5, 0.6) is 5.75 Å². The molecule has 0 fully saturated rings. The average Bonchev–Trinajstić information content (AvgIpc) is 2.73. The Bertz CT molecular complexity index is 890. The molecule has 30 heavy (non-hydrogen) atoms. The van der Waals surface area contributed by atoms with E-state index >= 15 is 0 Å². The minimum Gasteiger partial charge on any atom is -0.484 e. The second-order valence-corrected chi connectivity index (χ2v) is 9.55. The summed E-state index contributed by atoms with van der Waals surface area (Å²) in [6.07, 6.45) is 5.30. The van der Waals surface area contributed by atoms with Crippen LogP contribution in [-0.2, 0) is 5.41 Å².